The molecule has 2 aromatic heterocycles. The van der Waals surface area contributed by atoms with E-state index in [1.54, 1.807) is 42.1 Å². The fraction of sp³-hybridized carbons (Fsp3) is 0.400. The van der Waals surface area contributed by atoms with Crippen molar-refractivity contribution in [2.24, 2.45) is 0 Å². The molecule has 1 aliphatic rings. The van der Waals surface area contributed by atoms with Gasteiger partial charge in [-0.1, -0.05) is 23.7 Å². The Balaban J connectivity index is 1.62. The van der Waals surface area contributed by atoms with Crippen LogP contribution in [0.2, 0.25) is 5.02 Å². The molecule has 3 N–H and O–H groups in total. The molecule has 4 rings (SSSR count). The molecule has 0 saturated carbocycles. The van der Waals surface area contributed by atoms with Gasteiger partial charge < -0.3 is 29.4 Å². The Bertz CT molecular complexity index is 980. The number of benzene rings is 1. The van der Waals surface area contributed by atoms with Gasteiger partial charge in [-0.3, -0.25) is 0 Å². The fourth-order valence-electron chi connectivity index (χ4n) is 3.65. The van der Waals surface area contributed by atoms with Crippen molar-refractivity contribution in [2.75, 3.05) is 13.7 Å². The first kappa shape index (κ1) is 20.2. The van der Waals surface area contributed by atoms with Gasteiger partial charge in [-0.2, -0.15) is 0 Å². The summed E-state index contributed by atoms with van der Waals surface area (Å²) in [5.41, 5.74) is 1.93. The van der Waals surface area contributed by atoms with Gasteiger partial charge in [0.05, 0.1) is 12.3 Å². The van der Waals surface area contributed by atoms with Crippen LogP contribution in [0.4, 0.5) is 0 Å². The third-order valence-electron chi connectivity index (χ3n) is 5.21. The summed E-state index contributed by atoms with van der Waals surface area (Å²) in [4.78, 5) is 8.61. The van der Waals surface area contributed by atoms with Crippen LogP contribution in [-0.4, -0.2) is 61.9 Å². The topological polar surface area (TPSA) is 110 Å². The lowest BCUT2D eigenvalue weighted by Gasteiger charge is -2.21. The average Bonchev–Trinajstić information content (AvgIpc) is 3.28. The van der Waals surface area contributed by atoms with Gasteiger partial charge in [-0.25, -0.2) is 9.97 Å². The molecule has 1 saturated heterocycles. The molecule has 1 fully saturated rings. The minimum absolute atomic E-state index is 0.522. The summed E-state index contributed by atoms with van der Waals surface area (Å²) in [5.74, 6) is 0. The lowest BCUT2D eigenvalue weighted by atomic mass is 9.99. The van der Waals surface area contributed by atoms with E-state index in [9.17, 15) is 15.3 Å². The van der Waals surface area contributed by atoms with Crippen molar-refractivity contribution in [3.63, 3.8) is 0 Å². The largest absolute Gasteiger partial charge is 0.387 e. The Morgan fingerprint density at radius 1 is 1.17 bits per heavy atom. The second-order valence-electron chi connectivity index (χ2n) is 6.99. The van der Waals surface area contributed by atoms with Crippen LogP contribution in [0.3, 0.4) is 0 Å². The van der Waals surface area contributed by atoms with Crippen molar-refractivity contribution in [2.45, 2.75) is 37.1 Å². The number of ether oxygens (including phenoxy) is 2. The monoisotopic (exact) mass is 419 g/mol. The zero-order valence-corrected chi connectivity index (χ0v) is 16.5. The number of aromatic nitrogens is 3. The maximum absolute atomic E-state index is 10.7. The molecule has 0 spiro atoms. The maximum Gasteiger partial charge on any atom is 0.164 e. The second kappa shape index (κ2) is 8.35. The number of aliphatic hydroxyl groups excluding tert-OH is 3. The van der Waals surface area contributed by atoms with Crippen LogP contribution >= 0.6 is 11.6 Å². The van der Waals surface area contributed by atoms with Gasteiger partial charge in [-0.05, 0) is 23.8 Å². The summed E-state index contributed by atoms with van der Waals surface area (Å²) in [7, 11) is 1.62. The van der Waals surface area contributed by atoms with Gasteiger partial charge >= 0.3 is 0 Å². The predicted molar refractivity (Wildman–Crippen MR) is 105 cm³/mol. The van der Waals surface area contributed by atoms with Crippen molar-refractivity contribution in [1.82, 2.24) is 14.5 Å². The molecule has 0 radical (unpaired) electrons. The molecule has 9 heteroatoms. The third-order valence-corrected chi connectivity index (χ3v) is 5.46. The molecular formula is C20H22ClN3O5. The first-order valence-corrected chi connectivity index (χ1v) is 9.63. The number of fused-ring (bicyclic) bond motifs is 1. The molecule has 0 amide bonds. The number of aliphatic hydroxyl groups is 3. The molecule has 0 aliphatic carbocycles. The third kappa shape index (κ3) is 3.75. The Labute approximate surface area is 172 Å². The van der Waals surface area contributed by atoms with Crippen LogP contribution in [0.1, 0.15) is 23.6 Å². The maximum atomic E-state index is 10.7. The smallest absolute Gasteiger partial charge is 0.164 e. The number of hydrogen-bond acceptors (Lipinski definition) is 7. The van der Waals surface area contributed by atoms with Crippen LogP contribution in [0.15, 0.2) is 42.9 Å². The van der Waals surface area contributed by atoms with Crippen molar-refractivity contribution in [3.8, 4) is 0 Å². The highest BCUT2D eigenvalue weighted by atomic mass is 35.5. The van der Waals surface area contributed by atoms with E-state index >= 15 is 0 Å². The predicted octanol–water partition coefficient (Wildman–Crippen LogP) is 1.63. The fourth-order valence-corrected chi connectivity index (χ4v) is 3.78. The van der Waals surface area contributed by atoms with Crippen LogP contribution in [0.5, 0.6) is 0 Å². The van der Waals surface area contributed by atoms with E-state index in [-0.39, 0.29) is 0 Å². The van der Waals surface area contributed by atoms with E-state index in [0.29, 0.717) is 29.3 Å². The van der Waals surface area contributed by atoms with Crippen LogP contribution in [-0.2, 0) is 15.9 Å². The van der Waals surface area contributed by atoms with Gasteiger partial charge in [0.1, 0.15) is 36.4 Å². The number of hydrogen-bond donors (Lipinski definition) is 3. The Morgan fingerprint density at radius 3 is 2.66 bits per heavy atom. The van der Waals surface area contributed by atoms with E-state index in [1.807, 2.05) is 6.07 Å². The molecule has 5 atom stereocenters. The Morgan fingerprint density at radius 2 is 1.93 bits per heavy atom. The molecule has 8 nitrogen and oxygen atoms in total. The zero-order valence-electron chi connectivity index (χ0n) is 15.7. The highest BCUT2D eigenvalue weighted by Crippen LogP contribution is 2.37. The van der Waals surface area contributed by atoms with E-state index in [4.69, 9.17) is 21.1 Å². The van der Waals surface area contributed by atoms with E-state index < -0.39 is 30.6 Å². The van der Waals surface area contributed by atoms with Crippen LogP contribution < -0.4 is 0 Å². The highest BCUT2D eigenvalue weighted by Gasteiger charge is 2.47. The van der Waals surface area contributed by atoms with E-state index in [2.05, 4.69) is 9.97 Å². The lowest BCUT2D eigenvalue weighted by molar-refractivity contribution is -0.0848. The van der Waals surface area contributed by atoms with Crippen molar-refractivity contribution >= 4 is 22.6 Å². The highest BCUT2D eigenvalue weighted by molar-refractivity contribution is 6.30. The first-order chi connectivity index (χ1) is 14.0. The van der Waals surface area contributed by atoms with E-state index in [1.165, 1.54) is 6.33 Å². The molecule has 29 heavy (non-hydrogen) atoms. The van der Waals surface area contributed by atoms with Gasteiger partial charge in [0, 0.05) is 30.1 Å². The van der Waals surface area contributed by atoms with E-state index in [0.717, 1.165) is 11.1 Å². The molecule has 3 aromatic rings. The second-order valence-corrected chi connectivity index (χ2v) is 7.43. The quantitative estimate of drug-likeness (QED) is 0.557. The molecule has 0 bridgehead atoms. The molecule has 1 unspecified atom stereocenters. The van der Waals surface area contributed by atoms with Gasteiger partial charge in [0.25, 0.3) is 0 Å². The number of nitrogens with zero attached hydrogens (tertiary/aromatic N) is 3. The van der Waals surface area contributed by atoms with Gasteiger partial charge in [0.15, 0.2) is 6.23 Å². The Kier molecular flexibility index (Phi) is 5.82. The van der Waals surface area contributed by atoms with Crippen molar-refractivity contribution < 1.29 is 24.8 Å². The summed E-state index contributed by atoms with van der Waals surface area (Å²) < 4.78 is 12.7. The SMILES string of the molecule is COCCc1ncnc2c1ccn2[C@@H]1O[C@H](C(O)c2ccc(Cl)cc2)[C@@H](O)[C@H]1O. The molecule has 1 aliphatic heterocycles. The minimum atomic E-state index is -1.28. The summed E-state index contributed by atoms with van der Waals surface area (Å²) in [6.07, 6.45) is -1.77. The summed E-state index contributed by atoms with van der Waals surface area (Å²) >= 11 is 5.89. The summed E-state index contributed by atoms with van der Waals surface area (Å²) in [6.45, 7) is 0.522. The molecule has 3 heterocycles. The van der Waals surface area contributed by atoms with Crippen molar-refractivity contribution in [1.29, 1.82) is 0 Å². The summed E-state index contributed by atoms with van der Waals surface area (Å²) in [5, 5.41) is 33.2. The minimum Gasteiger partial charge on any atom is -0.387 e. The van der Waals surface area contributed by atoms with Crippen LogP contribution in [0, 0.1) is 0 Å². The Hall–Kier alpha value is -2.07. The molecule has 154 valence electrons. The van der Waals surface area contributed by atoms with Crippen molar-refractivity contribution in [3.05, 3.63) is 59.1 Å². The molecule has 1 aromatic carbocycles. The van der Waals surface area contributed by atoms with Gasteiger partial charge in [0.2, 0.25) is 0 Å². The van der Waals surface area contributed by atoms with Crippen LogP contribution in [0.25, 0.3) is 11.0 Å². The zero-order chi connectivity index (χ0) is 20.5. The first-order valence-electron chi connectivity index (χ1n) is 9.25. The number of halogens is 1. The number of rotatable bonds is 6. The standard InChI is InChI=1S/C20H22ClN3O5/c1-28-9-7-14-13-6-8-24(19(13)23-10-22-14)20-17(27)16(26)18(29-20)15(25)11-2-4-12(21)5-3-11/h2-6,8,10,15-18,20,25-27H,7,9H2,1H3/t15?,16-,17+,18+,20+/m0/s1. The normalized spacial score (nSPS) is 25.6. The number of methoxy groups -OCH3 is 1. The summed E-state index contributed by atoms with van der Waals surface area (Å²) in [6, 6.07) is 8.44. The van der Waals surface area contributed by atoms with Gasteiger partial charge in [-0.15, -0.1) is 0 Å². The average molecular weight is 420 g/mol. The molecular weight excluding hydrogens is 398 g/mol. The lowest BCUT2D eigenvalue weighted by Crippen LogP contribution is -2.34.